The number of anilines is 1. The molecule has 2 heterocycles. The second-order valence-electron chi connectivity index (χ2n) is 9.79. The van der Waals surface area contributed by atoms with Gasteiger partial charge in [0.2, 0.25) is 5.91 Å². The highest BCUT2D eigenvalue weighted by atomic mass is 32.2. The Morgan fingerprint density at radius 3 is 2.20 bits per heavy atom. The lowest BCUT2D eigenvalue weighted by Gasteiger charge is -2.34. The monoisotopic (exact) mass is 563 g/mol. The Morgan fingerprint density at radius 2 is 1.55 bits per heavy atom. The zero-order valence-electron chi connectivity index (χ0n) is 23.8. The molecule has 0 N–H and O–H groups in total. The first kappa shape index (κ1) is 29.2. The third-order valence-electron chi connectivity index (χ3n) is 6.98. The number of nitrogens with zero attached hydrogens (tertiary/aromatic N) is 5. The maximum absolute atomic E-state index is 12.9. The lowest BCUT2D eigenvalue weighted by molar-refractivity contribution is -0.130. The van der Waals surface area contributed by atoms with Gasteiger partial charge in [0, 0.05) is 69.8 Å². The van der Waals surface area contributed by atoms with Crippen LogP contribution >= 0.6 is 11.8 Å². The second kappa shape index (κ2) is 13.5. The summed E-state index contributed by atoms with van der Waals surface area (Å²) in [5.41, 5.74) is 3.83. The maximum atomic E-state index is 12.9. The predicted molar refractivity (Wildman–Crippen MR) is 157 cm³/mol. The molecule has 40 heavy (non-hydrogen) atoms. The molecule has 0 unspecified atom stereocenters. The number of hydrogen-bond acceptors (Lipinski definition) is 8. The number of amides is 2. The van der Waals surface area contributed by atoms with Crippen molar-refractivity contribution in [3.8, 4) is 11.5 Å². The van der Waals surface area contributed by atoms with Gasteiger partial charge in [-0.25, -0.2) is 9.97 Å². The fourth-order valence-corrected chi connectivity index (χ4v) is 5.39. The predicted octanol–water partition coefficient (Wildman–Crippen LogP) is 4.08. The van der Waals surface area contributed by atoms with E-state index < -0.39 is 0 Å². The van der Waals surface area contributed by atoms with E-state index in [9.17, 15) is 9.59 Å². The Hall–Kier alpha value is -3.79. The van der Waals surface area contributed by atoms with E-state index in [1.165, 1.54) is 0 Å². The van der Waals surface area contributed by atoms with Crippen molar-refractivity contribution in [3.63, 3.8) is 0 Å². The molecule has 0 radical (unpaired) electrons. The highest BCUT2D eigenvalue weighted by molar-refractivity contribution is 7.98. The van der Waals surface area contributed by atoms with Crippen LogP contribution < -0.4 is 14.4 Å². The zero-order chi connectivity index (χ0) is 28.6. The van der Waals surface area contributed by atoms with Gasteiger partial charge in [-0.15, -0.1) is 0 Å². The summed E-state index contributed by atoms with van der Waals surface area (Å²) in [6, 6.07) is 15.7. The second-order valence-corrected chi connectivity index (χ2v) is 10.7. The highest BCUT2D eigenvalue weighted by Gasteiger charge is 2.23. The van der Waals surface area contributed by atoms with Crippen molar-refractivity contribution in [2.45, 2.75) is 31.2 Å². The van der Waals surface area contributed by atoms with Crippen molar-refractivity contribution in [3.05, 3.63) is 70.9 Å². The number of carbonyl (C=O) groups is 2. The molecule has 1 aliphatic heterocycles. The van der Waals surface area contributed by atoms with Crippen LogP contribution in [0.25, 0.3) is 0 Å². The molecule has 2 amide bonds. The molecule has 2 aromatic carbocycles. The van der Waals surface area contributed by atoms with Crippen LogP contribution in [-0.4, -0.2) is 85.6 Å². The lowest BCUT2D eigenvalue weighted by Crippen LogP contribution is -2.50. The summed E-state index contributed by atoms with van der Waals surface area (Å²) < 4.78 is 10.8. The van der Waals surface area contributed by atoms with Crippen LogP contribution in [0.1, 0.15) is 34.1 Å². The third-order valence-corrected chi connectivity index (χ3v) is 7.89. The van der Waals surface area contributed by atoms with E-state index in [1.807, 2.05) is 61.3 Å². The molecule has 1 aromatic heterocycles. The first-order chi connectivity index (χ1) is 19.3. The zero-order valence-corrected chi connectivity index (χ0v) is 24.7. The molecule has 0 saturated carbocycles. The van der Waals surface area contributed by atoms with Crippen LogP contribution in [0.4, 0.5) is 5.82 Å². The molecule has 1 fully saturated rings. The normalized spacial score (nSPS) is 13.2. The number of thioether (sulfide) groups is 1. The summed E-state index contributed by atoms with van der Waals surface area (Å²) in [5.74, 6) is 3.08. The first-order valence-electron chi connectivity index (χ1n) is 13.3. The smallest absolute Gasteiger partial charge is 0.253 e. The third kappa shape index (κ3) is 7.44. The molecule has 3 aromatic rings. The number of carbonyl (C=O) groups excluding carboxylic acids is 2. The van der Waals surface area contributed by atoms with E-state index in [2.05, 4.69) is 16.0 Å². The molecule has 212 valence electrons. The minimum atomic E-state index is 0.00480. The van der Waals surface area contributed by atoms with E-state index in [-0.39, 0.29) is 11.8 Å². The topological polar surface area (TPSA) is 88.1 Å². The van der Waals surface area contributed by atoms with Crippen LogP contribution in [0.2, 0.25) is 0 Å². The van der Waals surface area contributed by atoms with Crippen LogP contribution in [0.15, 0.2) is 53.7 Å². The van der Waals surface area contributed by atoms with Crippen molar-refractivity contribution in [1.82, 2.24) is 19.8 Å². The Balaban J connectivity index is 1.32. The molecule has 9 nitrogen and oxygen atoms in total. The number of likely N-dealkylation sites (N-methyl/N-ethyl adjacent to an activating group) is 1. The summed E-state index contributed by atoms with van der Waals surface area (Å²) in [4.78, 5) is 39.6. The Labute approximate surface area is 240 Å². The van der Waals surface area contributed by atoms with Crippen LogP contribution in [-0.2, 0) is 17.0 Å². The van der Waals surface area contributed by atoms with Gasteiger partial charge in [0.05, 0.1) is 14.2 Å². The number of benzene rings is 2. The lowest BCUT2D eigenvalue weighted by atomic mass is 10.1. The molecule has 1 aliphatic rings. The SMILES string of the molecule is COc1ccc(CCN(C)c2cc(C)nc(SCc3ccc(C(=O)N4CCN(C(C)=O)CC4)cc3)n2)cc1OC. The molecular formula is C30H37N5O4S. The molecule has 0 atom stereocenters. The van der Waals surface area contributed by atoms with Gasteiger partial charge in [-0.1, -0.05) is 30.0 Å². The molecule has 0 aliphatic carbocycles. The number of piperazine rings is 1. The average molecular weight is 564 g/mol. The summed E-state index contributed by atoms with van der Waals surface area (Å²) in [7, 11) is 5.31. The minimum Gasteiger partial charge on any atom is -0.493 e. The average Bonchev–Trinajstić information content (AvgIpc) is 2.98. The molecule has 0 spiro atoms. The van der Waals surface area contributed by atoms with E-state index >= 15 is 0 Å². The van der Waals surface area contributed by atoms with Gasteiger partial charge in [-0.3, -0.25) is 9.59 Å². The van der Waals surface area contributed by atoms with Gasteiger partial charge >= 0.3 is 0 Å². The van der Waals surface area contributed by atoms with E-state index in [1.54, 1.807) is 37.8 Å². The Kier molecular flexibility index (Phi) is 9.87. The number of aromatic nitrogens is 2. The van der Waals surface area contributed by atoms with Crippen molar-refractivity contribution in [2.75, 3.05) is 58.9 Å². The van der Waals surface area contributed by atoms with Gasteiger partial charge in [-0.2, -0.15) is 0 Å². The molecule has 0 bridgehead atoms. The summed E-state index contributed by atoms with van der Waals surface area (Å²) >= 11 is 1.58. The number of rotatable bonds is 10. The van der Waals surface area contributed by atoms with Gasteiger partial charge in [0.25, 0.3) is 5.91 Å². The minimum absolute atomic E-state index is 0.00480. The van der Waals surface area contributed by atoms with Crippen LogP contribution in [0.3, 0.4) is 0 Å². The van der Waals surface area contributed by atoms with Gasteiger partial charge in [0.15, 0.2) is 16.7 Å². The Bertz CT molecular complexity index is 1330. The van der Waals surface area contributed by atoms with E-state index in [0.29, 0.717) is 37.5 Å². The summed E-state index contributed by atoms with van der Waals surface area (Å²) in [6.07, 6.45) is 0.833. The van der Waals surface area contributed by atoms with Crippen LogP contribution in [0, 0.1) is 6.92 Å². The quantitative estimate of drug-likeness (QED) is 0.269. The number of aryl methyl sites for hydroxylation is 1. The summed E-state index contributed by atoms with van der Waals surface area (Å²) in [6.45, 7) is 6.62. The molecule has 1 saturated heterocycles. The van der Waals surface area contributed by atoms with E-state index in [0.717, 1.165) is 52.3 Å². The molecule has 4 rings (SSSR count). The first-order valence-corrected chi connectivity index (χ1v) is 14.3. The van der Waals surface area contributed by atoms with Crippen molar-refractivity contribution >= 4 is 29.4 Å². The largest absolute Gasteiger partial charge is 0.493 e. The number of ether oxygens (including phenoxy) is 2. The molecule has 10 heteroatoms. The summed E-state index contributed by atoms with van der Waals surface area (Å²) in [5, 5.41) is 0.719. The standard InChI is InChI=1S/C30H37N5O4S/c1-21-18-28(33(3)13-12-23-8-11-26(38-4)27(19-23)39-5)32-30(31-21)40-20-24-6-9-25(10-7-24)29(37)35-16-14-34(15-17-35)22(2)36/h6-11,18-19H,12-17,20H2,1-5H3. The van der Waals surface area contributed by atoms with Crippen molar-refractivity contribution in [1.29, 1.82) is 0 Å². The van der Waals surface area contributed by atoms with E-state index in [4.69, 9.17) is 14.5 Å². The fraction of sp³-hybridized carbons (Fsp3) is 0.400. The fourth-order valence-electron chi connectivity index (χ4n) is 4.53. The van der Waals surface area contributed by atoms with Crippen molar-refractivity contribution < 1.29 is 19.1 Å². The number of hydrogen-bond donors (Lipinski definition) is 0. The maximum Gasteiger partial charge on any atom is 0.253 e. The Morgan fingerprint density at radius 1 is 0.900 bits per heavy atom. The van der Waals surface area contributed by atoms with Crippen LogP contribution in [0.5, 0.6) is 11.5 Å². The van der Waals surface area contributed by atoms with Gasteiger partial charge < -0.3 is 24.2 Å². The van der Waals surface area contributed by atoms with Gasteiger partial charge in [0.1, 0.15) is 5.82 Å². The highest BCUT2D eigenvalue weighted by Crippen LogP contribution is 2.28. The van der Waals surface area contributed by atoms with Crippen molar-refractivity contribution in [2.24, 2.45) is 0 Å². The molecular weight excluding hydrogens is 526 g/mol. The number of methoxy groups -OCH3 is 2. The van der Waals surface area contributed by atoms with Gasteiger partial charge in [-0.05, 0) is 48.7 Å².